The molecule has 0 radical (unpaired) electrons. The van der Waals surface area contributed by atoms with Gasteiger partial charge in [0.2, 0.25) is 6.04 Å². The number of aliphatic hydroxyl groups is 1. The standard InChI is InChI=1S/C13H12ClNO/c1-15-12-10-6-13(16,7-11(10)12)8-2-4-9(14)5-3-8/h2-5,10-12,16H,6-7H2/t10-,11+,12?,13?. The van der Waals surface area contributed by atoms with Gasteiger partial charge in [-0.25, -0.2) is 6.57 Å². The van der Waals surface area contributed by atoms with Crippen LogP contribution >= 0.6 is 11.6 Å². The molecule has 2 nitrogen and oxygen atoms in total. The van der Waals surface area contributed by atoms with E-state index in [4.69, 9.17) is 18.2 Å². The van der Waals surface area contributed by atoms with Crippen molar-refractivity contribution in [2.45, 2.75) is 24.5 Å². The quantitative estimate of drug-likeness (QED) is 0.742. The van der Waals surface area contributed by atoms with Crippen LogP contribution in [0.3, 0.4) is 0 Å². The molecule has 3 rings (SSSR count). The molecule has 0 amide bonds. The Morgan fingerprint density at radius 2 is 1.81 bits per heavy atom. The maximum Gasteiger partial charge on any atom is 0.230 e. The molecule has 2 aliphatic rings. The molecule has 4 atom stereocenters. The van der Waals surface area contributed by atoms with Crippen LogP contribution < -0.4 is 0 Å². The second-order valence-electron chi connectivity index (χ2n) is 4.89. The monoisotopic (exact) mass is 233 g/mol. The predicted molar refractivity (Wildman–Crippen MR) is 62.0 cm³/mol. The summed E-state index contributed by atoms with van der Waals surface area (Å²) in [6, 6.07) is 7.57. The van der Waals surface area contributed by atoms with Gasteiger partial charge >= 0.3 is 0 Å². The first-order chi connectivity index (χ1) is 7.64. The smallest absolute Gasteiger partial charge is 0.230 e. The summed E-state index contributed by atoms with van der Waals surface area (Å²) in [5.74, 6) is 0.830. The first-order valence-corrected chi connectivity index (χ1v) is 5.87. The normalized spacial score (nSPS) is 40.2. The molecule has 2 unspecified atom stereocenters. The van der Waals surface area contributed by atoms with Gasteiger partial charge < -0.3 is 9.95 Å². The minimum atomic E-state index is -0.721. The highest BCUT2D eigenvalue weighted by atomic mass is 35.5. The third-order valence-electron chi connectivity index (χ3n) is 3.96. The molecule has 0 saturated heterocycles. The van der Waals surface area contributed by atoms with Crippen molar-refractivity contribution in [3.63, 3.8) is 0 Å². The topological polar surface area (TPSA) is 24.6 Å². The summed E-state index contributed by atoms with van der Waals surface area (Å²) in [6.45, 7) is 7.01. The second kappa shape index (κ2) is 3.23. The minimum Gasteiger partial charge on any atom is -0.385 e. The van der Waals surface area contributed by atoms with Crippen molar-refractivity contribution in [1.82, 2.24) is 0 Å². The highest BCUT2D eigenvalue weighted by Crippen LogP contribution is 2.60. The van der Waals surface area contributed by atoms with Gasteiger partial charge in [0.05, 0.1) is 5.60 Å². The van der Waals surface area contributed by atoms with Gasteiger partial charge in [0.1, 0.15) is 0 Å². The van der Waals surface area contributed by atoms with Crippen molar-refractivity contribution in [1.29, 1.82) is 0 Å². The molecule has 0 aromatic heterocycles. The molecule has 1 aromatic rings. The van der Waals surface area contributed by atoms with Crippen molar-refractivity contribution < 1.29 is 5.11 Å². The summed E-state index contributed by atoms with van der Waals surface area (Å²) in [6.07, 6.45) is 1.46. The van der Waals surface area contributed by atoms with Gasteiger partial charge in [-0.3, -0.25) is 0 Å². The summed E-state index contributed by atoms with van der Waals surface area (Å²) in [4.78, 5) is 3.58. The Balaban J connectivity index is 1.82. The lowest BCUT2D eigenvalue weighted by atomic mass is 9.88. The largest absolute Gasteiger partial charge is 0.385 e. The Labute approximate surface area is 99.7 Å². The highest BCUT2D eigenvalue weighted by molar-refractivity contribution is 6.30. The van der Waals surface area contributed by atoms with Crippen molar-refractivity contribution in [3.05, 3.63) is 46.3 Å². The first-order valence-electron chi connectivity index (χ1n) is 5.49. The van der Waals surface area contributed by atoms with Gasteiger partial charge in [-0.1, -0.05) is 23.7 Å². The molecule has 3 heteroatoms. The number of hydrogen-bond acceptors (Lipinski definition) is 1. The number of nitrogens with zero attached hydrogens (tertiary/aromatic N) is 1. The average Bonchev–Trinajstić information content (AvgIpc) is 2.77. The summed E-state index contributed by atoms with van der Waals surface area (Å²) >= 11 is 5.83. The van der Waals surface area contributed by atoms with Crippen molar-refractivity contribution in [3.8, 4) is 0 Å². The molecule has 2 fully saturated rings. The van der Waals surface area contributed by atoms with Crippen LogP contribution in [0.1, 0.15) is 18.4 Å². The highest BCUT2D eigenvalue weighted by Gasteiger charge is 2.66. The third kappa shape index (κ3) is 1.36. The van der Waals surface area contributed by atoms with Crippen LogP contribution in [0.25, 0.3) is 4.85 Å². The van der Waals surface area contributed by atoms with Gasteiger partial charge in [0.15, 0.2) is 0 Å². The minimum absolute atomic E-state index is 0.174. The number of hydrogen-bond donors (Lipinski definition) is 1. The molecule has 2 aliphatic carbocycles. The molecule has 0 spiro atoms. The molecule has 0 bridgehead atoms. The van der Waals surface area contributed by atoms with Crippen LogP contribution in [0, 0.1) is 18.4 Å². The van der Waals surface area contributed by atoms with E-state index >= 15 is 0 Å². The predicted octanol–water partition coefficient (Wildman–Crippen LogP) is 2.86. The van der Waals surface area contributed by atoms with Crippen LogP contribution in [0.5, 0.6) is 0 Å². The first kappa shape index (κ1) is 10.1. The fourth-order valence-electron chi connectivity index (χ4n) is 3.02. The third-order valence-corrected chi connectivity index (χ3v) is 4.22. The van der Waals surface area contributed by atoms with Gasteiger partial charge in [0.25, 0.3) is 0 Å². The van der Waals surface area contributed by atoms with Crippen LogP contribution in [0.4, 0.5) is 0 Å². The fraction of sp³-hybridized carbons (Fsp3) is 0.462. The SMILES string of the molecule is [C-]#[N+]C1[C@H]2CC(O)(c3ccc(Cl)cc3)C[C@@H]12. The Bertz CT molecular complexity index is 450. The Morgan fingerprint density at radius 1 is 1.25 bits per heavy atom. The van der Waals surface area contributed by atoms with Crippen LogP contribution in [-0.4, -0.2) is 11.1 Å². The number of fused-ring (bicyclic) bond motifs is 1. The number of halogens is 1. The summed E-state index contributed by atoms with van der Waals surface area (Å²) in [5, 5.41) is 11.2. The second-order valence-corrected chi connectivity index (χ2v) is 5.33. The van der Waals surface area contributed by atoms with E-state index in [0.29, 0.717) is 16.9 Å². The van der Waals surface area contributed by atoms with E-state index in [1.54, 1.807) is 0 Å². The molecule has 1 aromatic carbocycles. The van der Waals surface area contributed by atoms with Gasteiger partial charge in [-0.05, 0) is 30.5 Å². The molecule has 0 aliphatic heterocycles. The van der Waals surface area contributed by atoms with Crippen LogP contribution in [0.15, 0.2) is 24.3 Å². The molecular formula is C13H12ClNO. The zero-order chi connectivity index (χ0) is 11.3. The zero-order valence-corrected chi connectivity index (χ0v) is 9.48. The lowest BCUT2D eigenvalue weighted by molar-refractivity contribution is 0.0306. The van der Waals surface area contributed by atoms with Crippen LogP contribution in [-0.2, 0) is 5.60 Å². The van der Waals surface area contributed by atoms with Crippen molar-refractivity contribution in [2.24, 2.45) is 11.8 Å². The van der Waals surface area contributed by atoms with Crippen molar-refractivity contribution >= 4 is 11.6 Å². The summed E-state index contributed by atoms with van der Waals surface area (Å²) in [5.41, 5.74) is 0.217. The Kier molecular flexibility index (Phi) is 2.04. The Morgan fingerprint density at radius 3 is 2.31 bits per heavy atom. The van der Waals surface area contributed by atoms with E-state index < -0.39 is 5.60 Å². The average molecular weight is 234 g/mol. The summed E-state index contributed by atoms with van der Waals surface area (Å²) < 4.78 is 0. The molecular weight excluding hydrogens is 222 g/mol. The molecule has 1 N–H and O–H groups in total. The van der Waals surface area contributed by atoms with Gasteiger partial charge in [-0.15, -0.1) is 0 Å². The van der Waals surface area contributed by atoms with E-state index in [2.05, 4.69) is 4.85 Å². The van der Waals surface area contributed by atoms with Gasteiger partial charge in [0, 0.05) is 16.9 Å². The maximum absolute atomic E-state index is 10.5. The lowest BCUT2D eigenvalue weighted by Crippen LogP contribution is -2.24. The molecule has 16 heavy (non-hydrogen) atoms. The van der Waals surface area contributed by atoms with Crippen molar-refractivity contribution in [2.75, 3.05) is 0 Å². The zero-order valence-electron chi connectivity index (χ0n) is 8.73. The van der Waals surface area contributed by atoms with E-state index in [9.17, 15) is 5.11 Å². The Hall–Kier alpha value is -1.04. The van der Waals surface area contributed by atoms with Crippen LogP contribution in [0.2, 0.25) is 5.02 Å². The maximum atomic E-state index is 10.5. The molecule has 0 heterocycles. The van der Waals surface area contributed by atoms with E-state index in [1.165, 1.54) is 0 Å². The van der Waals surface area contributed by atoms with Gasteiger partial charge in [-0.2, -0.15) is 0 Å². The number of rotatable bonds is 1. The lowest BCUT2D eigenvalue weighted by Gasteiger charge is -2.24. The fourth-order valence-corrected chi connectivity index (χ4v) is 3.15. The van der Waals surface area contributed by atoms with E-state index in [1.807, 2.05) is 24.3 Å². The number of benzene rings is 1. The molecule has 82 valence electrons. The van der Waals surface area contributed by atoms with E-state index in [0.717, 1.165) is 18.4 Å². The molecule has 2 saturated carbocycles. The summed E-state index contributed by atoms with van der Waals surface area (Å²) in [7, 11) is 0. The van der Waals surface area contributed by atoms with E-state index in [-0.39, 0.29) is 6.04 Å².